The highest BCUT2D eigenvalue weighted by Crippen LogP contribution is 2.36. The lowest BCUT2D eigenvalue weighted by atomic mass is 9.84. The van der Waals surface area contributed by atoms with Crippen molar-refractivity contribution in [1.29, 1.82) is 0 Å². The van der Waals surface area contributed by atoms with Gasteiger partial charge in [-0.3, -0.25) is 9.59 Å². The van der Waals surface area contributed by atoms with Gasteiger partial charge in [0.15, 0.2) is 0 Å². The second kappa shape index (κ2) is 6.35. The van der Waals surface area contributed by atoms with E-state index in [-0.39, 0.29) is 17.7 Å². The monoisotopic (exact) mass is 371 g/mol. The Morgan fingerprint density at radius 1 is 1.23 bits per heavy atom. The summed E-state index contributed by atoms with van der Waals surface area (Å²) in [6.45, 7) is 5.06. The van der Waals surface area contributed by atoms with Crippen LogP contribution in [0.1, 0.15) is 48.0 Å². The second-order valence-electron chi connectivity index (χ2n) is 7.14. The van der Waals surface area contributed by atoms with E-state index in [0.717, 1.165) is 28.6 Å². The van der Waals surface area contributed by atoms with Gasteiger partial charge in [0.2, 0.25) is 5.91 Å². The van der Waals surface area contributed by atoms with Crippen molar-refractivity contribution < 1.29 is 9.59 Å². The van der Waals surface area contributed by atoms with E-state index >= 15 is 0 Å². The average Bonchev–Trinajstić information content (AvgIpc) is 3.13. The summed E-state index contributed by atoms with van der Waals surface area (Å²) in [5, 5.41) is 10.5. The number of likely N-dealkylation sites (tertiary alicyclic amines) is 1. The topological polar surface area (TPSA) is 87.2 Å². The summed E-state index contributed by atoms with van der Waals surface area (Å²) in [7, 11) is 0. The van der Waals surface area contributed by atoms with Crippen LogP contribution in [0.15, 0.2) is 24.3 Å². The van der Waals surface area contributed by atoms with Crippen LogP contribution in [0.2, 0.25) is 0 Å². The Labute approximate surface area is 155 Å². The standard InChI is InChI=1S/C18H21N5O2S/c1-11(2)14-15(26-22-21-14)16(24)23-9-7-18(8-10-23)17(25)19-12-5-3-4-6-13(12)20-18/h3-6,11,20H,7-10H2,1-2H3,(H,19,25). The van der Waals surface area contributed by atoms with Gasteiger partial charge >= 0.3 is 0 Å². The molecule has 2 amide bonds. The minimum absolute atomic E-state index is 0.0226. The van der Waals surface area contributed by atoms with Crippen molar-refractivity contribution in [2.45, 2.75) is 38.1 Å². The highest BCUT2D eigenvalue weighted by atomic mass is 32.1. The van der Waals surface area contributed by atoms with Gasteiger partial charge in [0.1, 0.15) is 10.4 Å². The molecule has 2 aliphatic rings. The smallest absolute Gasteiger partial charge is 0.267 e. The van der Waals surface area contributed by atoms with Gasteiger partial charge in [0.25, 0.3) is 5.91 Å². The molecule has 1 spiro atoms. The summed E-state index contributed by atoms with van der Waals surface area (Å²) >= 11 is 1.15. The summed E-state index contributed by atoms with van der Waals surface area (Å²) in [6.07, 6.45) is 1.14. The molecule has 2 aliphatic heterocycles. The maximum Gasteiger partial charge on any atom is 0.267 e. The lowest BCUT2D eigenvalue weighted by molar-refractivity contribution is -0.122. The van der Waals surface area contributed by atoms with Gasteiger partial charge in [0.05, 0.1) is 17.1 Å². The predicted molar refractivity (Wildman–Crippen MR) is 101 cm³/mol. The molecule has 7 nitrogen and oxygen atoms in total. The number of rotatable bonds is 2. The summed E-state index contributed by atoms with van der Waals surface area (Å²) in [5.41, 5.74) is 1.83. The van der Waals surface area contributed by atoms with E-state index in [1.165, 1.54) is 0 Å². The molecule has 2 N–H and O–H groups in total. The van der Waals surface area contributed by atoms with Crippen LogP contribution in [0.25, 0.3) is 0 Å². The zero-order valence-electron chi connectivity index (χ0n) is 14.8. The SMILES string of the molecule is CC(C)c1nnsc1C(=O)N1CCC2(CC1)Nc1ccccc1NC2=O. The number of amides is 2. The molecule has 136 valence electrons. The molecule has 1 fully saturated rings. The average molecular weight is 371 g/mol. The molecular formula is C18H21N5O2S. The van der Waals surface area contributed by atoms with Crippen LogP contribution in [0.4, 0.5) is 11.4 Å². The number of carbonyl (C=O) groups is 2. The fourth-order valence-corrected chi connectivity index (χ4v) is 4.36. The molecule has 3 heterocycles. The second-order valence-corrected chi connectivity index (χ2v) is 7.90. The van der Waals surface area contributed by atoms with Crippen LogP contribution in [0.3, 0.4) is 0 Å². The van der Waals surface area contributed by atoms with Crippen molar-refractivity contribution in [3.8, 4) is 0 Å². The van der Waals surface area contributed by atoms with E-state index in [0.29, 0.717) is 30.8 Å². The predicted octanol–water partition coefficient (Wildman–Crippen LogP) is 2.70. The molecule has 8 heteroatoms. The third kappa shape index (κ3) is 2.74. The minimum Gasteiger partial charge on any atom is -0.369 e. The summed E-state index contributed by atoms with van der Waals surface area (Å²) in [4.78, 5) is 28.0. The molecule has 4 rings (SSSR count). The van der Waals surface area contributed by atoms with Gasteiger partial charge in [-0.05, 0) is 42.4 Å². The Kier molecular flexibility index (Phi) is 4.14. The van der Waals surface area contributed by atoms with E-state index in [4.69, 9.17) is 0 Å². The Bertz CT molecular complexity index is 855. The molecule has 2 aromatic rings. The fraction of sp³-hybridized carbons (Fsp3) is 0.444. The van der Waals surface area contributed by atoms with Crippen molar-refractivity contribution in [2.75, 3.05) is 23.7 Å². The Balaban J connectivity index is 1.50. The molecule has 0 unspecified atom stereocenters. The van der Waals surface area contributed by atoms with Crippen LogP contribution in [0.5, 0.6) is 0 Å². The quantitative estimate of drug-likeness (QED) is 0.847. The number of aromatic nitrogens is 2. The number of para-hydroxylation sites is 2. The van der Waals surface area contributed by atoms with Gasteiger partial charge in [0, 0.05) is 13.1 Å². The van der Waals surface area contributed by atoms with Gasteiger partial charge in [-0.1, -0.05) is 30.5 Å². The molecule has 1 aromatic carbocycles. The number of anilines is 2. The zero-order valence-corrected chi connectivity index (χ0v) is 15.6. The maximum absolute atomic E-state index is 12.9. The van der Waals surface area contributed by atoms with Crippen LogP contribution in [-0.4, -0.2) is 44.9 Å². The molecule has 0 saturated carbocycles. The van der Waals surface area contributed by atoms with Crippen LogP contribution in [0, 0.1) is 0 Å². The number of carbonyl (C=O) groups excluding carboxylic acids is 2. The number of hydrogen-bond acceptors (Lipinski definition) is 6. The number of nitrogens with one attached hydrogen (secondary N) is 2. The van der Waals surface area contributed by atoms with Gasteiger partial charge < -0.3 is 15.5 Å². The zero-order chi connectivity index (χ0) is 18.3. The number of benzene rings is 1. The summed E-state index contributed by atoms with van der Waals surface area (Å²) in [5.74, 6) is 0.104. The first kappa shape index (κ1) is 17.0. The van der Waals surface area contributed by atoms with Crippen LogP contribution >= 0.6 is 11.5 Å². The van der Waals surface area contributed by atoms with E-state index < -0.39 is 5.54 Å². The van der Waals surface area contributed by atoms with Crippen molar-refractivity contribution in [3.63, 3.8) is 0 Å². The number of hydrogen-bond donors (Lipinski definition) is 2. The first-order chi connectivity index (χ1) is 12.5. The van der Waals surface area contributed by atoms with Gasteiger partial charge in [-0.15, -0.1) is 5.10 Å². The van der Waals surface area contributed by atoms with Crippen LogP contribution in [-0.2, 0) is 4.79 Å². The van der Waals surface area contributed by atoms with Crippen LogP contribution < -0.4 is 10.6 Å². The third-order valence-electron chi connectivity index (χ3n) is 5.14. The first-order valence-corrected chi connectivity index (χ1v) is 9.58. The molecule has 0 bridgehead atoms. The van der Waals surface area contributed by atoms with Crippen molar-refractivity contribution in [2.24, 2.45) is 0 Å². The van der Waals surface area contributed by atoms with Crippen molar-refractivity contribution >= 4 is 34.7 Å². The van der Waals surface area contributed by atoms with E-state index in [9.17, 15) is 9.59 Å². The first-order valence-electron chi connectivity index (χ1n) is 8.80. The Morgan fingerprint density at radius 3 is 2.62 bits per heavy atom. The van der Waals surface area contributed by atoms with E-state index in [1.807, 2.05) is 43.0 Å². The molecule has 0 atom stereocenters. The Morgan fingerprint density at radius 2 is 1.92 bits per heavy atom. The molecule has 0 radical (unpaired) electrons. The fourth-order valence-electron chi connectivity index (χ4n) is 3.57. The molecule has 1 aromatic heterocycles. The maximum atomic E-state index is 12.9. The number of fused-ring (bicyclic) bond motifs is 1. The largest absolute Gasteiger partial charge is 0.369 e. The lowest BCUT2D eigenvalue weighted by Crippen LogP contribution is -2.59. The number of piperidine rings is 1. The minimum atomic E-state index is -0.655. The molecular weight excluding hydrogens is 350 g/mol. The summed E-state index contributed by atoms with van der Waals surface area (Å²) < 4.78 is 3.95. The lowest BCUT2D eigenvalue weighted by Gasteiger charge is -2.44. The highest BCUT2D eigenvalue weighted by Gasteiger charge is 2.45. The Hall–Kier alpha value is -2.48. The third-order valence-corrected chi connectivity index (χ3v) is 5.87. The summed E-state index contributed by atoms with van der Waals surface area (Å²) in [6, 6.07) is 7.69. The van der Waals surface area contributed by atoms with E-state index in [2.05, 4.69) is 20.2 Å². The van der Waals surface area contributed by atoms with Crippen molar-refractivity contribution in [3.05, 3.63) is 34.8 Å². The van der Waals surface area contributed by atoms with Gasteiger partial charge in [-0.2, -0.15) is 0 Å². The van der Waals surface area contributed by atoms with Gasteiger partial charge in [-0.25, -0.2) is 0 Å². The molecule has 26 heavy (non-hydrogen) atoms. The van der Waals surface area contributed by atoms with Crippen molar-refractivity contribution in [1.82, 2.24) is 14.5 Å². The molecule has 1 saturated heterocycles. The van der Waals surface area contributed by atoms with E-state index in [1.54, 1.807) is 0 Å². The molecule has 0 aliphatic carbocycles. The normalized spacial score (nSPS) is 18.4. The highest BCUT2D eigenvalue weighted by molar-refractivity contribution is 7.08. The number of nitrogens with zero attached hydrogens (tertiary/aromatic N) is 3.